The van der Waals surface area contributed by atoms with Crippen LogP contribution in [0.1, 0.15) is 24.1 Å². The molecule has 4 rings (SSSR count). The summed E-state index contributed by atoms with van der Waals surface area (Å²) in [5, 5.41) is 2.66. The number of benzene rings is 2. The third-order valence-electron chi connectivity index (χ3n) is 5.58. The van der Waals surface area contributed by atoms with E-state index in [2.05, 4.69) is 15.3 Å². The molecule has 2 heterocycles. The maximum atomic E-state index is 13.6. The van der Waals surface area contributed by atoms with E-state index in [1.165, 1.54) is 36.7 Å². The number of amides is 1. The first-order chi connectivity index (χ1) is 16.6. The molecule has 12 heteroatoms. The smallest absolute Gasteiger partial charge is 0.349 e. The van der Waals surface area contributed by atoms with Gasteiger partial charge in [-0.25, -0.2) is 22.8 Å². The van der Waals surface area contributed by atoms with Crippen LogP contribution in [0.3, 0.4) is 0 Å². The number of aromatic nitrogens is 2. The van der Waals surface area contributed by atoms with Gasteiger partial charge in [0.25, 0.3) is 0 Å². The summed E-state index contributed by atoms with van der Waals surface area (Å²) in [6.07, 6.45) is -2.44. The first kappa shape index (κ1) is 24.7. The van der Waals surface area contributed by atoms with Crippen molar-refractivity contribution in [2.75, 3.05) is 6.54 Å². The zero-order chi connectivity index (χ0) is 25.2. The van der Waals surface area contributed by atoms with E-state index in [1.54, 1.807) is 0 Å². The van der Waals surface area contributed by atoms with Crippen LogP contribution in [-0.2, 0) is 27.5 Å². The minimum atomic E-state index is -4.45. The van der Waals surface area contributed by atoms with Crippen molar-refractivity contribution in [3.63, 3.8) is 0 Å². The Kier molecular flexibility index (Phi) is 6.86. The lowest BCUT2D eigenvalue weighted by Gasteiger charge is -2.23. The van der Waals surface area contributed by atoms with Crippen molar-refractivity contribution in [3.05, 3.63) is 78.0 Å². The van der Waals surface area contributed by atoms with Gasteiger partial charge in [-0.2, -0.15) is 17.5 Å². The van der Waals surface area contributed by atoms with Crippen molar-refractivity contribution < 1.29 is 30.8 Å². The molecule has 1 saturated heterocycles. The summed E-state index contributed by atoms with van der Waals surface area (Å²) < 4.78 is 78.9. The van der Waals surface area contributed by atoms with Crippen LogP contribution in [0.5, 0.6) is 0 Å². The van der Waals surface area contributed by atoms with Gasteiger partial charge in [-0.1, -0.05) is 18.2 Å². The lowest BCUT2D eigenvalue weighted by atomic mass is 10.1. The van der Waals surface area contributed by atoms with Crippen molar-refractivity contribution in [3.8, 4) is 11.3 Å². The van der Waals surface area contributed by atoms with E-state index in [9.17, 15) is 30.8 Å². The van der Waals surface area contributed by atoms with Crippen LogP contribution < -0.4 is 5.32 Å². The molecule has 35 heavy (non-hydrogen) atoms. The second-order valence-electron chi connectivity index (χ2n) is 7.92. The SMILES string of the molecule is O=C(NCc1cc(-c2ccc(C(F)(F)F)cc2)ncn1)[C@@H]1CCCN1S(=O)(=O)c1cccc(F)c1. The van der Waals surface area contributed by atoms with E-state index in [1.807, 2.05) is 0 Å². The van der Waals surface area contributed by atoms with Crippen LogP contribution >= 0.6 is 0 Å². The van der Waals surface area contributed by atoms with Crippen LogP contribution in [-0.4, -0.2) is 41.2 Å². The van der Waals surface area contributed by atoms with E-state index < -0.39 is 39.5 Å². The molecule has 0 radical (unpaired) electrons. The Morgan fingerprint density at radius 2 is 1.83 bits per heavy atom. The molecule has 0 bridgehead atoms. The van der Waals surface area contributed by atoms with Gasteiger partial charge in [0.05, 0.1) is 28.4 Å². The first-order valence-electron chi connectivity index (χ1n) is 10.6. The quantitative estimate of drug-likeness (QED) is 0.512. The van der Waals surface area contributed by atoms with E-state index in [0.717, 1.165) is 28.6 Å². The van der Waals surface area contributed by atoms with Crippen molar-refractivity contribution in [2.45, 2.75) is 36.5 Å². The standard InChI is InChI=1S/C23H20F4N4O3S/c24-17-3-1-4-19(11-17)35(33,34)31-10-2-5-21(31)22(32)28-13-18-12-20(30-14-29-18)15-6-8-16(9-7-15)23(25,26)27/h1,3-4,6-9,11-12,14,21H,2,5,10,13H2,(H,28,32)/t21-/m0/s1. The van der Waals surface area contributed by atoms with E-state index in [0.29, 0.717) is 29.8 Å². The Labute approximate surface area is 198 Å². The number of halogens is 4. The minimum Gasteiger partial charge on any atom is -0.349 e. The van der Waals surface area contributed by atoms with Gasteiger partial charge in [-0.15, -0.1) is 0 Å². The molecule has 1 fully saturated rings. The topological polar surface area (TPSA) is 92.3 Å². The van der Waals surface area contributed by atoms with Crippen LogP contribution in [0.2, 0.25) is 0 Å². The Morgan fingerprint density at radius 3 is 2.51 bits per heavy atom. The van der Waals surface area contributed by atoms with E-state index >= 15 is 0 Å². The Bertz CT molecular complexity index is 1330. The zero-order valence-corrected chi connectivity index (χ0v) is 19.0. The molecule has 0 unspecified atom stereocenters. The van der Waals surface area contributed by atoms with Crippen molar-refractivity contribution >= 4 is 15.9 Å². The van der Waals surface area contributed by atoms with Crippen LogP contribution in [0.15, 0.2) is 65.8 Å². The molecule has 1 aliphatic rings. The highest BCUT2D eigenvalue weighted by Crippen LogP contribution is 2.31. The van der Waals surface area contributed by atoms with Crippen LogP contribution in [0.25, 0.3) is 11.3 Å². The van der Waals surface area contributed by atoms with Crippen molar-refractivity contribution in [1.82, 2.24) is 19.6 Å². The predicted molar refractivity (Wildman–Crippen MR) is 118 cm³/mol. The highest BCUT2D eigenvalue weighted by atomic mass is 32.2. The number of hydrogen-bond donors (Lipinski definition) is 1. The number of nitrogens with one attached hydrogen (secondary N) is 1. The summed E-state index contributed by atoms with van der Waals surface area (Å²) in [4.78, 5) is 20.7. The molecule has 1 amide bonds. The maximum absolute atomic E-state index is 13.6. The van der Waals surface area contributed by atoms with Crippen LogP contribution in [0.4, 0.5) is 17.6 Å². The molecular formula is C23H20F4N4O3S. The number of carbonyl (C=O) groups is 1. The fourth-order valence-corrected chi connectivity index (χ4v) is 5.52. The molecule has 1 aromatic heterocycles. The second-order valence-corrected chi connectivity index (χ2v) is 9.81. The van der Waals surface area contributed by atoms with Gasteiger partial charge < -0.3 is 5.32 Å². The van der Waals surface area contributed by atoms with Crippen molar-refractivity contribution in [1.29, 1.82) is 0 Å². The fourth-order valence-electron chi connectivity index (χ4n) is 3.83. The van der Waals surface area contributed by atoms with Gasteiger partial charge in [0.1, 0.15) is 18.2 Å². The summed E-state index contributed by atoms with van der Waals surface area (Å²) >= 11 is 0. The number of sulfonamides is 1. The molecule has 0 aliphatic carbocycles. The molecule has 1 N–H and O–H groups in total. The number of rotatable bonds is 6. The number of alkyl halides is 3. The number of nitrogens with zero attached hydrogens (tertiary/aromatic N) is 3. The van der Waals surface area contributed by atoms with Gasteiger partial charge in [-0.3, -0.25) is 4.79 Å². The largest absolute Gasteiger partial charge is 0.416 e. The third kappa shape index (κ3) is 5.49. The summed E-state index contributed by atoms with van der Waals surface area (Å²) in [6, 6.07) is 9.66. The van der Waals surface area contributed by atoms with Crippen LogP contribution in [0, 0.1) is 5.82 Å². The summed E-state index contributed by atoms with van der Waals surface area (Å²) in [5.74, 6) is -1.23. The van der Waals surface area contributed by atoms with Gasteiger partial charge in [-0.05, 0) is 49.2 Å². The van der Waals surface area contributed by atoms with E-state index in [-0.39, 0.29) is 18.0 Å². The molecule has 0 saturated carbocycles. The molecule has 0 spiro atoms. The predicted octanol–water partition coefficient (Wildman–Crippen LogP) is 3.77. The summed E-state index contributed by atoms with van der Waals surface area (Å²) in [7, 11) is -4.07. The highest BCUT2D eigenvalue weighted by Gasteiger charge is 2.39. The Balaban J connectivity index is 1.45. The van der Waals surface area contributed by atoms with Gasteiger partial charge in [0.2, 0.25) is 15.9 Å². The number of carbonyl (C=O) groups excluding carboxylic acids is 1. The molecule has 2 aromatic carbocycles. The normalized spacial score (nSPS) is 16.9. The maximum Gasteiger partial charge on any atom is 0.416 e. The van der Waals surface area contributed by atoms with E-state index in [4.69, 9.17) is 0 Å². The first-order valence-corrected chi connectivity index (χ1v) is 12.0. The van der Waals surface area contributed by atoms with Gasteiger partial charge in [0, 0.05) is 12.1 Å². The summed E-state index contributed by atoms with van der Waals surface area (Å²) in [5.41, 5.74) is 0.420. The summed E-state index contributed by atoms with van der Waals surface area (Å²) in [6.45, 7) is 0.0852. The lowest BCUT2D eigenvalue weighted by Crippen LogP contribution is -2.45. The second kappa shape index (κ2) is 9.70. The number of hydrogen-bond acceptors (Lipinski definition) is 5. The lowest BCUT2D eigenvalue weighted by molar-refractivity contribution is -0.137. The molecular weight excluding hydrogens is 488 g/mol. The van der Waals surface area contributed by atoms with Gasteiger partial charge in [0.15, 0.2) is 0 Å². The zero-order valence-electron chi connectivity index (χ0n) is 18.2. The Hall–Kier alpha value is -3.38. The average molecular weight is 508 g/mol. The third-order valence-corrected chi connectivity index (χ3v) is 7.49. The minimum absolute atomic E-state index is 0.0423. The highest BCUT2D eigenvalue weighted by molar-refractivity contribution is 7.89. The monoisotopic (exact) mass is 508 g/mol. The molecule has 1 aliphatic heterocycles. The molecule has 1 atom stereocenters. The average Bonchev–Trinajstić information content (AvgIpc) is 3.33. The molecule has 184 valence electrons. The molecule has 3 aromatic rings. The Morgan fingerprint density at radius 1 is 1.09 bits per heavy atom. The van der Waals surface area contributed by atoms with Gasteiger partial charge >= 0.3 is 6.18 Å². The molecule has 7 nitrogen and oxygen atoms in total. The fraction of sp³-hybridized carbons (Fsp3) is 0.261. The van der Waals surface area contributed by atoms with Crippen molar-refractivity contribution in [2.24, 2.45) is 0 Å².